The molecule has 0 atom stereocenters. The van der Waals surface area contributed by atoms with Gasteiger partial charge in [-0.25, -0.2) is 0 Å². The molecule has 2 rings (SSSR count). The minimum Gasteiger partial charge on any atom is -0.493 e. The summed E-state index contributed by atoms with van der Waals surface area (Å²) in [5, 5.41) is 5.38. The predicted molar refractivity (Wildman–Crippen MR) is 104 cm³/mol. The highest BCUT2D eigenvalue weighted by atomic mass is 79.9. The summed E-state index contributed by atoms with van der Waals surface area (Å²) in [5.74, 6) is 0.364. The molecule has 2 N–H and O–H groups in total. The number of anilines is 1. The molecule has 0 fully saturated rings. The van der Waals surface area contributed by atoms with Crippen molar-refractivity contribution < 1.29 is 19.1 Å². The van der Waals surface area contributed by atoms with E-state index >= 15 is 0 Å². The zero-order valence-corrected chi connectivity index (χ0v) is 16.5. The lowest BCUT2D eigenvalue weighted by atomic mass is 10.2. The Morgan fingerprint density at radius 3 is 2.54 bits per heavy atom. The standard InChI is InChI=1S/C19H21BrN2O4/c1-4-26-17-10-13(5-8-16(17)25-3)19(24)21-11-18(23)22-15-7-6-14(20)9-12(15)2/h5-10H,4,11H2,1-3H3,(H,21,24)(H,22,23). The molecule has 0 saturated carbocycles. The fourth-order valence-corrected chi connectivity index (χ4v) is 2.79. The summed E-state index contributed by atoms with van der Waals surface area (Å²) in [5.41, 5.74) is 2.02. The lowest BCUT2D eigenvalue weighted by molar-refractivity contribution is -0.115. The van der Waals surface area contributed by atoms with Crippen molar-refractivity contribution in [2.75, 3.05) is 25.6 Å². The molecule has 0 aliphatic carbocycles. The Hall–Kier alpha value is -2.54. The smallest absolute Gasteiger partial charge is 0.251 e. The van der Waals surface area contributed by atoms with Gasteiger partial charge in [-0.1, -0.05) is 15.9 Å². The first-order valence-electron chi connectivity index (χ1n) is 8.09. The minimum absolute atomic E-state index is 0.135. The number of ether oxygens (including phenoxy) is 2. The monoisotopic (exact) mass is 420 g/mol. The van der Waals surface area contributed by atoms with Gasteiger partial charge in [-0.2, -0.15) is 0 Å². The summed E-state index contributed by atoms with van der Waals surface area (Å²) in [7, 11) is 1.53. The van der Waals surface area contributed by atoms with Crippen molar-refractivity contribution in [3.8, 4) is 11.5 Å². The van der Waals surface area contributed by atoms with Crippen LogP contribution >= 0.6 is 15.9 Å². The maximum atomic E-state index is 12.3. The molecule has 0 spiro atoms. The number of carbonyl (C=O) groups is 2. The Bertz CT molecular complexity index is 808. The third kappa shape index (κ3) is 5.23. The van der Waals surface area contributed by atoms with E-state index in [4.69, 9.17) is 9.47 Å². The van der Waals surface area contributed by atoms with Gasteiger partial charge in [0.1, 0.15) is 0 Å². The molecule has 6 nitrogen and oxygen atoms in total. The maximum absolute atomic E-state index is 12.3. The highest BCUT2D eigenvalue weighted by molar-refractivity contribution is 9.10. The Morgan fingerprint density at radius 1 is 1.12 bits per heavy atom. The summed E-state index contributed by atoms with van der Waals surface area (Å²) >= 11 is 3.38. The van der Waals surface area contributed by atoms with Gasteiger partial charge in [-0.3, -0.25) is 9.59 Å². The summed E-state index contributed by atoms with van der Waals surface area (Å²) in [6, 6.07) is 10.4. The van der Waals surface area contributed by atoms with Gasteiger partial charge >= 0.3 is 0 Å². The molecule has 0 aliphatic heterocycles. The molecule has 2 amide bonds. The van der Waals surface area contributed by atoms with Crippen LogP contribution in [0.25, 0.3) is 0 Å². The first kappa shape index (κ1) is 19.8. The van der Waals surface area contributed by atoms with E-state index in [1.54, 1.807) is 24.3 Å². The van der Waals surface area contributed by atoms with Crippen LogP contribution in [0.1, 0.15) is 22.8 Å². The molecule has 2 aromatic rings. The van der Waals surface area contributed by atoms with Crippen molar-refractivity contribution in [1.82, 2.24) is 5.32 Å². The third-order valence-corrected chi connectivity index (χ3v) is 4.09. The van der Waals surface area contributed by atoms with E-state index in [0.29, 0.717) is 29.4 Å². The molecule has 138 valence electrons. The number of rotatable bonds is 7. The SMILES string of the molecule is CCOc1cc(C(=O)NCC(=O)Nc2ccc(Br)cc2C)ccc1OC. The van der Waals surface area contributed by atoms with Crippen LogP contribution < -0.4 is 20.1 Å². The highest BCUT2D eigenvalue weighted by Crippen LogP contribution is 2.28. The van der Waals surface area contributed by atoms with Crippen molar-refractivity contribution in [3.63, 3.8) is 0 Å². The van der Waals surface area contributed by atoms with Gasteiger partial charge in [0, 0.05) is 15.7 Å². The van der Waals surface area contributed by atoms with Gasteiger partial charge in [0.2, 0.25) is 5.91 Å². The van der Waals surface area contributed by atoms with Crippen LogP contribution in [0.2, 0.25) is 0 Å². The topological polar surface area (TPSA) is 76.7 Å². The molecule has 26 heavy (non-hydrogen) atoms. The highest BCUT2D eigenvalue weighted by Gasteiger charge is 2.13. The Kier molecular flexibility index (Phi) is 7.03. The van der Waals surface area contributed by atoms with E-state index < -0.39 is 0 Å². The second kappa shape index (κ2) is 9.24. The number of methoxy groups -OCH3 is 1. The average Bonchev–Trinajstić information content (AvgIpc) is 2.62. The zero-order chi connectivity index (χ0) is 19.1. The van der Waals surface area contributed by atoms with Crippen LogP contribution in [0, 0.1) is 6.92 Å². The number of aryl methyl sites for hydroxylation is 1. The molecular weight excluding hydrogens is 400 g/mol. The summed E-state index contributed by atoms with van der Waals surface area (Å²) in [6.07, 6.45) is 0. The van der Waals surface area contributed by atoms with Crippen LogP contribution in [0.15, 0.2) is 40.9 Å². The Balaban J connectivity index is 1.97. The van der Waals surface area contributed by atoms with E-state index in [9.17, 15) is 9.59 Å². The third-order valence-electron chi connectivity index (χ3n) is 3.60. The molecule has 0 radical (unpaired) electrons. The fraction of sp³-hybridized carbons (Fsp3) is 0.263. The first-order chi connectivity index (χ1) is 12.4. The lowest BCUT2D eigenvalue weighted by Gasteiger charge is -2.12. The van der Waals surface area contributed by atoms with Crippen molar-refractivity contribution in [2.24, 2.45) is 0 Å². The molecule has 0 aromatic heterocycles. The van der Waals surface area contributed by atoms with Crippen LogP contribution in [0.3, 0.4) is 0 Å². The number of carbonyl (C=O) groups excluding carboxylic acids is 2. The molecule has 0 heterocycles. The second-order valence-corrected chi connectivity index (χ2v) is 6.40. The number of halogens is 1. The number of benzene rings is 2. The summed E-state index contributed by atoms with van der Waals surface area (Å²) in [4.78, 5) is 24.3. The predicted octanol–water partition coefficient (Wildman–Crippen LogP) is 3.53. The van der Waals surface area contributed by atoms with Gasteiger partial charge in [-0.05, 0) is 55.8 Å². The quantitative estimate of drug-likeness (QED) is 0.717. The first-order valence-corrected chi connectivity index (χ1v) is 8.89. The van der Waals surface area contributed by atoms with E-state index in [1.807, 2.05) is 26.0 Å². The molecule has 0 aliphatic rings. The molecule has 7 heteroatoms. The largest absolute Gasteiger partial charge is 0.493 e. The summed E-state index contributed by atoms with van der Waals surface area (Å²) < 4.78 is 11.6. The second-order valence-electron chi connectivity index (χ2n) is 5.49. The van der Waals surface area contributed by atoms with E-state index in [1.165, 1.54) is 7.11 Å². The van der Waals surface area contributed by atoms with Crippen LogP contribution in [-0.2, 0) is 4.79 Å². The maximum Gasteiger partial charge on any atom is 0.251 e. The number of amides is 2. The van der Waals surface area contributed by atoms with Crippen molar-refractivity contribution >= 4 is 33.4 Å². The number of hydrogen-bond acceptors (Lipinski definition) is 4. The van der Waals surface area contributed by atoms with E-state index in [-0.39, 0.29) is 18.4 Å². The van der Waals surface area contributed by atoms with Gasteiger partial charge in [0.25, 0.3) is 5.91 Å². The van der Waals surface area contributed by atoms with Crippen LogP contribution in [0.4, 0.5) is 5.69 Å². The molecule has 0 bridgehead atoms. The average molecular weight is 421 g/mol. The van der Waals surface area contributed by atoms with Crippen molar-refractivity contribution in [1.29, 1.82) is 0 Å². The molecule has 0 unspecified atom stereocenters. The van der Waals surface area contributed by atoms with Crippen molar-refractivity contribution in [3.05, 3.63) is 52.0 Å². The molecule has 2 aromatic carbocycles. The Labute approximate surface area is 161 Å². The van der Waals surface area contributed by atoms with Gasteiger partial charge < -0.3 is 20.1 Å². The zero-order valence-electron chi connectivity index (χ0n) is 14.9. The molecular formula is C19H21BrN2O4. The van der Waals surface area contributed by atoms with Crippen LogP contribution in [-0.4, -0.2) is 32.1 Å². The lowest BCUT2D eigenvalue weighted by Crippen LogP contribution is -2.33. The number of hydrogen-bond donors (Lipinski definition) is 2. The normalized spacial score (nSPS) is 10.2. The van der Waals surface area contributed by atoms with E-state index in [2.05, 4.69) is 26.6 Å². The number of nitrogens with one attached hydrogen (secondary N) is 2. The minimum atomic E-state index is -0.365. The van der Waals surface area contributed by atoms with Gasteiger partial charge in [-0.15, -0.1) is 0 Å². The summed E-state index contributed by atoms with van der Waals surface area (Å²) in [6.45, 7) is 4.06. The fourth-order valence-electron chi connectivity index (χ4n) is 2.31. The van der Waals surface area contributed by atoms with Crippen molar-refractivity contribution in [2.45, 2.75) is 13.8 Å². The van der Waals surface area contributed by atoms with Gasteiger partial charge in [0.05, 0.1) is 20.3 Å². The molecule has 0 saturated heterocycles. The van der Waals surface area contributed by atoms with Crippen LogP contribution in [0.5, 0.6) is 11.5 Å². The van der Waals surface area contributed by atoms with Gasteiger partial charge in [0.15, 0.2) is 11.5 Å². The van der Waals surface area contributed by atoms with E-state index in [0.717, 1.165) is 10.0 Å². The Morgan fingerprint density at radius 2 is 1.88 bits per heavy atom.